The van der Waals surface area contributed by atoms with E-state index < -0.39 is 29.9 Å². The van der Waals surface area contributed by atoms with Gasteiger partial charge in [0.05, 0.1) is 0 Å². The van der Waals surface area contributed by atoms with Gasteiger partial charge in [-0.25, -0.2) is 4.79 Å². The molecule has 0 rings (SSSR count). The summed E-state index contributed by atoms with van der Waals surface area (Å²) in [5.74, 6) is -2.98. The first-order valence-corrected chi connectivity index (χ1v) is 5.13. The minimum Gasteiger partial charge on any atom is -0.480 e. The summed E-state index contributed by atoms with van der Waals surface area (Å²) in [7, 11) is 0. The van der Waals surface area contributed by atoms with Crippen LogP contribution in [-0.2, 0) is 14.4 Å². The summed E-state index contributed by atoms with van der Waals surface area (Å²) in [6.45, 7) is 0. The fraction of sp³-hybridized carbons (Fsp3) is 0.625. The van der Waals surface area contributed by atoms with Crippen LogP contribution in [0.15, 0.2) is 0 Å². The van der Waals surface area contributed by atoms with Gasteiger partial charge >= 0.3 is 11.9 Å². The summed E-state index contributed by atoms with van der Waals surface area (Å²) < 4.78 is 0. The molecular weight excluding hydrogens is 272 g/mol. The van der Waals surface area contributed by atoms with Crippen molar-refractivity contribution in [3.8, 4) is 0 Å². The fourth-order valence-electron chi connectivity index (χ4n) is 0.862. The van der Waals surface area contributed by atoms with Gasteiger partial charge in [-0.15, -0.1) is 12.4 Å². The zero-order valence-electron chi connectivity index (χ0n) is 8.83. The largest absolute Gasteiger partial charge is 0.480 e. The van der Waals surface area contributed by atoms with Gasteiger partial charge in [-0.05, 0) is 6.42 Å². The normalized spacial score (nSPS) is 13.1. The lowest BCUT2D eigenvalue weighted by molar-refractivity contribution is -0.141. The molecule has 0 fully saturated rings. The molecule has 0 aliphatic rings. The van der Waals surface area contributed by atoms with Crippen LogP contribution in [0, 0.1) is 0 Å². The second-order valence-corrected chi connectivity index (χ2v) is 3.49. The van der Waals surface area contributed by atoms with Crippen LogP contribution < -0.4 is 11.1 Å². The van der Waals surface area contributed by atoms with E-state index in [1.165, 1.54) is 0 Å². The first-order valence-electron chi connectivity index (χ1n) is 4.50. The maximum Gasteiger partial charge on any atom is 0.327 e. The highest BCUT2D eigenvalue weighted by Crippen LogP contribution is 1.97. The quantitative estimate of drug-likeness (QED) is 0.386. The standard InChI is InChI=1S/C8H14N2O5S.ClH/c9-4(7(12)13)1-2-6(11)10-5(3-16)8(14)15;/h4-5,16H,1-3,9H2,(H,10,11)(H,12,13)(H,14,15);1H. The van der Waals surface area contributed by atoms with Crippen LogP contribution in [0.4, 0.5) is 0 Å². The van der Waals surface area contributed by atoms with Gasteiger partial charge in [-0.1, -0.05) is 0 Å². The molecule has 9 heteroatoms. The Morgan fingerprint density at radius 1 is 1.24 bits per heavy atom. The van der Waals surface area contributed by atoms with Crippen LogP contribution in [0.5, 0.6) is 0 Å². The number of nitrogens with two attached hydrogens (primary N) is 1. The molecule has 0 aromatic rings. The predicted octanol–water partition coefficient (Wildman–Crippen LogP) is -0.900. The van der Waals surface area contributed by atoms with Gasteiger partial charge in [0.1, 0.15) is 12.1 Å². The van der Waals surface area contributed by atoms with Gasteiger partial charge in [0.25, 0.3) is 0 Å². The molecule has 0 radical (unpaired) electrons. The number of carbonyl (C=O) groups is 3. The Labute approximate surface area is 110 Å². The fourth-order valence-corrected chi connectivity index (χ4v) is 1.11. The number of hydrogen-bond acceptors (Lipinski definition) is 5. The molecule has 1 amide bonds. The molecule has 0 aliphatic carbocycles. The molecule has 0 saturated heterocycles. The van der Waals surface area contributed by atoms with Gasteiger partial charge in [0.15, 0.2) is 0 Å². The number of nitrogens with one attached hydrogen (secondary N) is 1. The van der Waals surface area contributed by atoms with Crippen molar-refractivity contribution in [1.29, 1.82) is 0 Å². The molecule has 0 heterocycles. The summed E-state index contributed by atoms with van der Waals surface area (Å²) >= 11 is 3.76. The zero-order chi connectivity index (χ0) is 12.7. The molecule has 7 nitrogen and oxygen atoms in total. The van der Waals surface area contributed by atoms with Crippen molar-refractivity contribution >= 4 is 42.9 Å². The molecule has 0 bridgehead atoms. The third-order valence-electron chi connectivity index (χ3n) is 1.82. The van der Waals surface area contributed by atoms with E-state index in [-0.39, 0.29) is 31.0 Å². The maximum atomic E-state index is 11.2. The van der Waals surface area contributed by atoms with E-state index in [2.05, 4.69) is 17.9 Å². The molecule has 0 aliphatic heterocycles. The first-order chi connectivity index (χ1) is 7.38. The number of halogens is 1. The summed E-state index contributed by atoms with van der Waals surface area (Å²) in [4.78, 5) is 32.1. The van der Waals surface area contributed by atoms with Crippen molar-refractivity contribution in [3.63, 3.8) is 0 Å². The zero-order valence-corrected chi connectivity index (χ0v) is 10.5. The van der Waals surface area contributed by atoms with E-state index >= 15 is 0 Å². The molecule has 0 aromatic carbocycles. The Balaban J connectivity index is 0. The first kappa shape index (κ1) is 18.4. The van der Waals surface area contributed by atoms with Crippen LogP contribution in [0.2, 0.25) is 0 Å². The van der Waals surface area contributed by atoms with Gasteiger partial charge in [-0.2, -0.15) is 12.6 Å². The highest BCUT2D eigenvalue weighted by molar-refractivity contribution is 7.80. The molecular formula is C8H15ClN2O5S. The third kappa shape index (κ3) is 7.83. The van der Waals surface area contributed by atoms with E-state index in [0.717, 1.165) is 0 Å². The highest BCUT2D eigenvalue weighted by Gasteiger charge is 2.19. The molecule has 0 aromatic heterocycles. The van der Waals surface area contributed by atoms with Crippen LogP contribution in [0.1, 0.15) is 12.8 Å². The molecule has 0 spiro atoms. The number of hydrogen-bond donors (Lipinski definition) is 5. The van der Waals surface area contributed by atoms with Gasteiger partial charge in [0.2, 0.25) is 5.91 Å². The van der Waals surface area contributed by atoms with Crippen molar-refractivity contribution < 1.29 is 24.6 Å². The number of carboxylic acids is 2. The Morgan fingerprint density at radius 3 is 2.12 bits per heavy atom. The molecule has 2 unspecified atom stereocenters. The molecule has 5 N–H and O–H groups in total. The van der Waals surface area contributed by atoms with Crippen molar-refractivity contribution in [2.24, 2.45) is 5.73 Å². The Kier molecular flexibility index (Phi) is 9.82. The van der Waals surface area contributed by atoms with Gasteiger partial charge in [0, 0.05) is 12.2 Å². The van der Waals surface area contributed by atoms with Crippen LogP contribution in [0.3, 0.4) is 0 Å². The number of rotatable bonds is 7. The maximum absolute atomic E-state index is 11.2. The smallest absolute Gasteiger partial charge is 0.327 e. The number of amides is 1. The molecule has 17 heavy (non-hydrogen) atoms. The second-order valence-electron chi connectivity index (χ2n) is 3.12. The van der Waals surface area contributed by atoms with Gasteiger partial charge < -0.3 is 21.3 Å². The van der Waals surface area contributed by atoms with Gasteiger partial charge in [-0.3, -0.25) is 9.59 Å². The average Bonchev–Trinajstić information content (AvgIpc) is 2.21. The van der Waals surface area contributed by atoms with Crippen LogP contribution in [-0.4, -0.2) is 45.9 Å². The minimum atomic E-state index is -1.20. The van der Waals surface area contributed by atoms with E-state index in [0.29, 0.717) is 0 Å². The molecule has 0 saturated carbocycles. The van der Waals surface area contributed by atoms with Crippen molar-refractivity contribution in [3.05, 3.63) is 0 Å². The lowest BCUT2D eigenvalue weighted by Crippen LogP contribution is -2.42. The van der Waals surface area contributed by atoms with E-state index in [9.17, 15) is 14.4 Å². The Hall–Kier alpha value is -0.990. The van der Waals surface area contributed by atoms with Crippen LogP contribution in [0.25, 0.3) is 0 Å². The number of thiol groups is 1. The average molecular weight is 287 g/mol. The summed E-state index contributed by atoms with van der Waals surface area (Å²) in [5, 5.41) is 19.3. The summed E-state index contributed by atoms with van der Waals surface area (Å²) in [6.07, 6.45) is -0.175. The monoisotopic (exact) mass is 286 g/mol. The second kappa shape index (κ2) is 9.08. The Bertz CT molecular complexity index is 289. The highest BCUT2D eigenvalue weighted by atomic mass is 35.5. The van der Waals surface area contributed by atoms with E-state index in [4.69, 9.17) is 15.9 Å². The van der Waals surface area contributed by atoms with Crippen molar-refractivity contribution in [2.45, 2.75) is 24.9 Å². The number of aliphatic carboxylic acids is 2. The lowest BCUT2D eigenvalue weighted by Gasteiger charge is -2.12. The van der Waals surface area contributed by atoms with Crippen molar-refractivity contribution in [2.75, 3.05) is 5.75 Å². The topological polar surface area (TPSA) is 130 Å². The summed E-state index contributed by atoms with van der Waals surface area (Å²) in [6, 6.07) is -2.19. The predicted molar refractivity (Wildman–Crippen MR) is 65.5 cm³/mol. The summed E-state index contributed by atoms with van der Waals surface area (Å²) in [5.41, 5.74) is 5.18. The Morgan fingerprint density at radius 2 is 1.76 bits per heavy atom. The van der Waals surface area contributed by atoms with E-state index in [1.807, 2.05) is 0 Å². The number of carboxylic acid groups (broad SMARTS) is 2. The van der Waals surface area contributed by atoms with Crippen LogP contribution >= 0.6 is 25.0 Å². The SMILES string of the molecule is Cl.NC(CCC(=O)NC(CS)C(=O)O)C(=O)O. The van der Waals surface area contributed by atoms with Crippen molar-refractivity contribution in [1.82, 2.24) is 5.32 Å². The van der Waals surface area contributed by atoms with E-state index in [1.54, 1.807) is 0 Å². The third-order valence-corrected chi connectivity index (χ3v) is 2.18. The lowest BCUT2D eigenvalue weighted by atomic mass is 10.1. The number of carbonyl (C=O) groups excluding carboxylic acids is 1. The molecule has 100 valence electrons. The molecule has 2 atom stereocenters. The minimum absolute atomic E-state index is 0.